The van der Waals surface area contributed by atoms with Crippen LogP contribution in [0.1, 0.15) is 44.9 Å². The van der Waals surface area contributed by atoms with Crippen LogP contribution in [0.5, 0.6) is 0 Å². The van der Waals surface area contributed by atoms with Crippen molar-refractivity contribution in [2.24, 2.45) is 5.92 Å². The van der Waals surface area contributed by atoms with E-state index < -0.39 is 0 Å². The predicted molar refractivity (Wildman–Crippen MR) is 69.7 cm³/mol. The summed E-state index contributed by atoms with van der Waals surface area (Å²) in [5.74, 6) is 0.999. The molecule has 1 saturated carbocycles. The second-order valence-electron chi connectivity index (χ2n) is 5.58. The van der Waals surface area contributed by atoms with E-state index in [2.05, 4.69) is 16.3 Å². The van der Waals surface area contributed by atoms with Crippen LogP contribution < -0.4 is 5.32 Å². The van der Waals surface area contributed by atoms with Crippen LogP contribution in [0.2, 0.25) is 0 Å². The second-order valence-corrected chi connectivity index (χ2v) is 5.58. The van der Waals surface area contributed by atoms with Crippen molar-refractivity contribution in [2.75, 3.05) is 26.2 Å². The molecule has 1 N–H and O–H groups in total. The molecule has 0 aromatic heterocycles. The number of unbranched alkanes of at least 4 members (excludes halogenated alkanes) is 2. The van der Waals surface area contributed by atoms with Gasteiger partial charge in [-0.3, -0.25) is 0 Å². The van der Waals surface area contributed by atoms with Crippen LogP contribution in [0.3, 0.4) is 0 Å². The Labute approximate surface area is 105 Å². The maximum Gasteiger partial charge on any atom is 0.0621 e. The van der Waals surface area contributed by atoms with Gasteiger partial charge in [0.15, 0.2) is 0 Å². The van der Waals surface area contributed by atoms with Gasteiger partial charge in [-0.1, -0.05) is 0 Å². The van der Waals surface area contributed by atoms with Crippen LogP contribution in [0.4, 0.5) is 0 Å². The van der Waals surface area contributed by atoms with E-state index in [9.17, 15) is 0 Å². The van der Waals surface area contributed by atoms with E-state index in [4.69, 9.17) is 5.26 Å². The fraction of sp³-hybridized carbons (Fsp3) is 0.929. The van der Waals surface area contributed by atoms with Gasteiger partial charge in [0.2, 0.25) is 0 Å². The van der Waals surface area contributed by atoms with Gasteiger partial charge in [0.25, 0.3) is 0 Å². The van der Waals surface area contributed by atoms with Crippen LogP contribution >= 0.6 is 0 Å². The number of nitriles is 1. The van der Waals surface area contributed by atoms with Crippen molar-refractivity contribution in [3.63, 3.8) is 0 Å². The first kappa shape index (κ1) is 12.9. The highest BCUT2D eigenvalue weighted by Gasteiger charge is 2.24. The molecular formula is C14H25N3. The Hall–Kier alpha value is -0.590. The molecule has 0 atom stereocenters. The maximum absolute atomic E-state index is 8.47. The van der Waals surface area contributed by atoms with Gasteiger partial charge in [0.1, 0.15) is 0 Å². The normalized spacial score (nSPS) is 22.5. The molecule has 0 bridgehead atoms. The lowest BCUT2D eigenvalue weighted by atomic mass is 10.0. The second kappa shape index (κ2) is 6.98. The highest BCUT2D eigenvalue weighted by Crippen LogP contribution is 2.28. The third kappa shape index (κ3) is 5.06. The van der Waals surface area contributed by atoms with Gasteiger partial charge in [-0.25, -0.2) is 0 Å². The molecule has 0 aromatic carbocycles. The number of likely N-dealkylation sites (tertiary alicyclic amines) is 1. The SMILES string of the molecule is N#CCCCCN1CCC(NCC2CC2)CC1. The Bertz CT molecular complexity index is 247. The minimum atomic E-state index is 0.722. The first-order chi connectivity index (χ1) is 8.38. The van der Waals surface area contributed by atoms with E-state index in [1.165, 1.54) is 58.3 Å². The Balaban J connectivity index is 1.49. The topological polar surface area (TPSA) is 39.1 Å². The van der Waals surface area contributed by atoms with Gasteiger partial charge in [-0.15, -0.1) is 0 Å². The highest BCUT2D eigenvalue weighted by atomic mass is 15.1. The third-order valence-electron chi connectivity index (χ3n) is 3.99. The van der Waals surface area contributed by atoms with Crippen molar-refractivity contribution in [1.29, 1.82) is 5.26 Å². The van der Waals surface area contributed by atoms with Crippen molar-refractivity contribution in [1.82, 2.24) is 10.2 Å². The molecular weight excluding hydrogens is 210 g/mol. The molecule has 2 fully saturated rings. The van der Waals surface area contributed by atoms with E-state index in [0.29, 0.717) is 0 Å². The predicted octanol–water partition coefficient (Wildman–Crippen LogP) is 2.14. The third-order valence-corrected chi connectivity index (χ3v) is 3.99. The molecule has 1 saturated heterocycles. The van der Waals surface area contributed by atoms with Crippen molar-refractivity contribution in [3.05, 3.63) is 0 Å². The zero-order valence-corrected chi connectivity index (χ0v) is 10.8. The van der Waals surface area contributed by atoms with Crippen molar-refractivity contribution in [2.45, 2.75) is 51.0 Å². The number of nitrogens with zero attached hydrogens (tertiary/aromatic N) is 2. The van der Waals surface area contributed by atoms with E-state index in [0.717, 1.165) is 24.8 Å². The molecule has 0 spiro atoms. The quantitative estimate of drug-likeness (QED) is 0.687. The van der Waals surface area contributed by atoms with Crippen LogP contribution in [0.25, 0.3) is 0 Å². The van der Waals surface area contributed by atoms with Crippen LogP contribution in [0.15, 0.2) is 0 Å². The summed E-state index contributed by atoms with van der Waals surface area (Å²) in [7, 11) is 0. The summed E-state index contributed by atoms with van der Waals surface area (Å²) in [4.78, 5) is 2.56. The molecule has 2 rings (SSSR count). The van der Waals surface area contributed by atoms with Gasteiger partial charge in [-0.05, 0) is 70.6 Å². The Morgan fingerprint density at radius 1 is 1.12 bits per heavy atom. The molecule has 2 aliphatic rings. The van der Waals surface area contributed by atoms with Crippen LogP contribution in [0, 0.1) is 17.2 Å². The maximum atomic E-state index is 8.47. The average Bonchev–Trinajstić information content (AvgIpc) is 3.18. The van der Waals surface area contributed by atoms with Gasteiger partial charge < -0.3 is 10.2 Å². The lowest BCUT2D eigenvalue weighted by molar-refractivity contribution is 0.194. The minimum Gasteiger partial charge on any atom is -0.314 e. The Morgan fingerprint density at radius 2 is 1.88 bits per heavy atom. The van der Waals surface area contributed by atoms with Gasteiger partial charge >= 0.3 is 0 Å². The van der Waals surface area contributed by atoms with Crippen molar-refractivity contribution >= 4 is 0 Å². The summed E-state index contributed by atoms with van der Waals surface area (Å²) in [6, 6.07) is 2.99. The number of hydrogen-bond acceptors (Lipinski definition) is 3. The zero-order valence-electron chi connectivity index (χ0n) is 10.8. The number of rotatable bonds is 7. The lowest BCUT2D eigenvalue weighted by Crippen LogP contribution is -2.43. The summed E-state index contributed by atoms with van der Waals surface area (Å²) in [6.45, 7) is 4.94. The number of nitrogens with one attached hydrogen (secondary N) is 1. The smallest absolute Gasteiger partial charge is 0.0621 e. The largest absolute Gasteiger partial charge is 0.314 e. The van der Waals surface area contributed by atoms with Gasteiger partial charge in [0.05, 0.1) is 6.07 Å². The molecule has 0 aromatic rings. The highest BCUT2D eigenvalue weighted by molar-refractivity contribution is 4.81. The van der Waals surface area contributed by atoms with Gasteiger partial charge in [0, 0.05) is 12.5 Å². The molecule has 3 nitrogen and oxygen atoms in total. The fourth-order valence-corrected chi connectivity index (χ4v) is 2.56. The Kier molecular flexibility index (Phi) is 5.28. The molecule has 0 amide bonds. The summed E-state index contributed by atoms with van der Waals surface area (Å²) in [5, 5.41) is 12.2. The monoisotopic (exact) mass is 235 g/mol. The van der Waals surface area contributed by atoms with Crippen LogP contribution in [-0.2, 0) is 0 Å². The summed E-state index contributed by atoms with van der Waals surface area (Å²) in [6.07, 6.45) is 8.49. The minimum absolute atomic E-state index is 0.722. The number of hydrogen-bond donors (Lipinski definition) is 1. The summed E-state index contributed by atoms with van der Waals surface area (Å²) in [5.41, 5.74) is 0. The van der Waals surface area contributed by atoms with E-state index in [-0.39, 0.29) is 0 Å². The fourth-order valence-electron chi connectivity index (χ4n) is 2.56. The van der Waals surface area contributed by atoms with E-state index in [1.54, 1.807) is 0 Å². The average molecular weight is 235 g/mol. The molecule has 3 heteroatoms. The van der Waals surface area contributed by atoms with Crippen molar-refractivity contribution < 1.29 is 0 Å². The molecule has 1 aliphatic carbocycles. The first-order valence-corrected chi connectivity index (χ1v) is 7.21. The lowest BCUT2D eigenvalue weighted by Gasteiger charge is -2.32. The molecule has 17 heavy (non-hydrogen) atoms. The van der Waals surface area contributed by atoms with Crippen molar-refractivity contribution in [3.8, 4) is 6.07 Å². The Morgan fingerprint density at radius 3 is 2.53 bits per heavy atom. The first-order valence-electron chi connectivity index (χ1n) is 7.21. The molecule has 1 heterocycles. The van der Waals surface area contributed by atoms with Crippen LogP contribution in [-0.4, -0.2) is 37.1 Å². The van der Waals surface area contributed by atoms with E-state index in [1.807, 2.05) is 0 Å². The molecule has 0 unspecified atom stereocenters. The molecule has 1 aliphatic heterocycles. The number of piperidine rings is 1. The zero-order chi connectivity index (χ0) is 11.9. The summed E-state index contributed by atoms with van der Waals surface area (Å²) >= 11 is 0. The molecule has 96 valence electrons. The van der Waals surface area contributed by atoms with Gasteiger partial charge in [-0.2, -0.15) is 5.26 Å². The molecule has 0 radical (unpaired) electrons. The van der Waals surface area contributed by atoms with E-state index >= 15 is 0 Å². The standard InChI is InChI=1S/C14H25N3/c15-8-2-1-3-9-17-10-6-14(7-11-17)16-12-13-4-5-13/h13-14,16H,1-7,9-12H2. The summed E-state index contributed by atoms with van der Waals surface area (Å²) < 4.78 is 0.